The van der Waals surface area contributed by atoms with Gasteiger partial charge in [0.05, 0.1) is 23.7 Å². The van der Waals surface area contributed by atoms with E-state index >= 15 is 0 Å². The van der Waals surface area contributed by atoms with Crippen molar-refractivity contribution in [3.05, 3.63) is 51.0 Å². The van der Waals surface area contributed by atoms with E-state index in [4.69, 9.17) is 10.5 Å². The fourth-order valence-corrected chi connectivity index (χ4v) is 6.87. The van der Waals surface area contributed by atoms with Gasteiger partial charge in [-0.05, 0) is 66.2 Å². The SMILES string of the molecule is CCCC1(O)C(C(N)=O)=C(O)CC2CC3Cc4c(COC)cc(CC(C)C)c(O)c4C(=O)C3=C(O)C21. The van der Waals surface area contributed by atoms with Gasteiger partial charge in [-0.25, -0.2) is 0 Å². The lowest BCUT2D eigenvalue weighted by Gasteiger charge is -2.49. The number of rotatable bonds is 7. The Morgan fingerprint density at radius 1 is 1.22 bits per heavy atom. The highest BCUT2D eigenvalue weighted by Gasteiger charge is 2.57. The van der Waals surface area contributed by atoms with Gasteiger partial charge in [0.2, 0.25) is 0 Å². The number of ketones is 1. The van der Waals surface area contributed by atoms with Crippen molar-refractivity contribution in [2.45, 2.75) is 71.5 Å². The van der Waals surface area contributed by atoms with Gasteiger partial charge < -0.3 is 30.9 Å². The summed E-state index contributed by atoms with van der Waals surface area (Å²) in [4.78, 5) is 26.2. The lowest BCUT2D eigenvalue weighted by atomic mass is 9.57. The van der Waals surface area contributed by atoms with Crippen LogP contribution in [0.5, 0.6) is 5.75 Å². The Labute approximate surface area is 211 Å². The second-order valence-electron chi connectivity index (χ2n) is 11.0. The first-order chi connectivity index (χ1) is 17.0. The molecule has 3 aliphatic carbocycles. The molecule has 4 atom stereocenters. The number of hydrogen-bond acceptors (Lipinski definition) is 7. The Morgan fingerprint density at radius 2 is 1.92 bits per heavy atom. The normalized spacial score (nSPS) is 27.7. The molecule has 0 aromatic heterocycles. The number of aromatic hydroxyl groups is 1. The summed E-state index contributed by atoms with van der Waals surface area (Å²) in [5, 5.41) is 45.2. The van der Waals surface area contributed by atoms with Gasteiger partial charge in [0.1, 0.15) is 22.9 Å². The average Bonchev–Trinajstić information content (AvgIpc) is 2.75. The van der Waals surface area contributed by atoms with E-state index < -0.39 is 23.2 Å². The van der Waals surface area contributed by atoms with Crippen LogP contribution in [0.3, 0.4) is 0 Å². The van der Waals surface area contributed by atoms with Crippen LogP contribution >= 0.6 is 0 Å². The summed E-state index contributed by atoms with van der Waals surface area (Å²) in [5.41, 5.74) is 5.92. The number of hydrogen-bond donors (Lipinski definition) is 5. The molecule has 1 amide bonds. The quantitative estimate of drug-likeness (QED) is 0.383. The van der Waals surface area contributed by atoms with E-state index in [2.05, 4.69) is 0 Å². The number of ether oxygens (including phenoxy) is 1. The average molecular weight is 500 g/mol. The minimum absolute atomic E-state index is 0.0766. The maximum absolute atomic E-state index is 13.9. The van der Waals surface area contributed by atoms with Crippen molar-refractivity contribution < 1.29 is 34.8 Å². The first-order valence-corrected chi connectivity index (χ1v) is 12.7. The second-order valence-corrected chi connectivity index (χ2v) is 11.0. The third-order valence-corrected chi connectivity index (χ3v) is 8.04. The van der Waals surface area contributed by atoms with Crippen LogP contribution in [-0.4, -0.2) is 44.8 Å². The van der Waals surface area contributed by atoms with Crippen molar-refractivity contribution in [2.75, 3.05) is 7.11 Å². The molecule has 0 saturated heterocycles. The number of aliphatic hydroxyl groups excluding tert-OH is 2. The fraction of sp³-hybridized carbons (Fsp3) is 0.571. The number of phenols is 1. The van der Waals surface area contributed by atoms with E-state index in [1.54, 1.807) is 7.11 Å². The molecule has 6 N–H and O–H groups in total. The number of phenolic OH excluding ortho intramolecular Hbond substituents is 1. The second kappa shape index (κ2) is 9.56. The number of carbonyl (C=O) groups is 2. The van der Waals surface area contributed by atoms with Crippen LogP contribution in [-0.2, 0) is 29.0 Å². The number of nitrogens with two attached hydrogens (primary N) is 1. The lowest BCUT2D eigenvalue weighted by Crippen LogP contribution is -2.54. The topological polar surface area (TPSA) is 150 Å². The van der Waals surface area contributed by atoms with E-state index in [-0.39, 0.29) is 71.2 Å². The van der Waals surface area contributed by atoms with E-state index in [0.29, 0.717) is 36.8 Å². The Balaban J connectivity index is 1.91. The highest BCUT2D eigenvalue weighted by molar-refractivity contribution is 6.13. The molecule has 4 rings (SSSR count). The van der Waals surface area contributed by atoms with Gasteiger partial charge in [-0.1, -0.05) is 27.2 Å². The molecule has 0 radical (unpaired) electrons. The van der Waals surface area contributed by atoms with Crippen molar-refractivity contribution in [1.82, 2.24) is 0 Å². The van der Waals surface area contributed by atoms with Crippen molar-refractivity contribution in [1.29, 1.82) is 0 Å². The Hall–Kier alpha value is -2.84. The van der Waals surface area contributed by atoms with E-state index in [0.717, 1.165) is 5.56 Å². The number of aliphatic hydroxyl groups is 3. The molecule has 8 nitrogen and oxygen atoms in total. The summed E-state index contributed by atoms with van der Waals surface area (Å²) in [6.07, 6.45) is 2.05. The number of carbonyl (C=O) groups excluding carboxylic acids is 2. The molecular formula is C28H37NO7. The third-order valence-electron chi connectivity index (χ3n) is 8.04. The zero-order chi connectivity index (χ0) is 26.5. The predicted octanol–water partition coefficient (Wildman–Crippen LogP) is 3.77. The summed E-state index contributed by atoms with van der Waals surface area (Å²) < 4.78 is 5.40. The van der Waals surface area contributed by atoms with Gasteiger partial charge in [0.15, 0.2) is 5.78 Å². The highest BCUT2D eigenvalue weighted by Crippen LogP contribution is 2.55. The maximum Gasteiger partial charge on any atom is 0.250 e. The van der Waals surface area contributed by atoms with Crippen molar-refractivity contribution >= 4 is 11.7 Å². The maximum atomic E-state index is 13.9. The van der Waals surface area contributed by atoms with Gasteiger partial charge in [-0.15, -0.1) is 0 Å². The summed E-state index contributed by atoms with van der Waals surface area (Å²) in [7, 11) is 1.58. The molecule has 4 unspecified atom stereocenters. The van der Waals surface area contributed by atoms with Gasteiger partial charge in [0.25, 0.3) is 5.91 Å². The number of methoxy groups -OCH3 is 1. The number of fused-ring (bicyclic) bond motifs is 3. The molecule has 36 heavy (non-hydrogen) atoms. The zero-order valence-electron chi connectivity index (χ0n) is 21.4. The monoisotopic (exact) mass is 499 g/mol. The number of benzene rings is 1. The fourth-order valence-electron chi connectivity index (χ4n) is 6.87. The van der Waals surface area contributed by atoms with Crippen molar-refractivity contribution in [3.63, 3.8) is 0 Å². The van der Waals surface area contributed by atoms with E-state index in [1.807, 2.05) is 26.8 Å². The largest absolute Gasteiger partial charge is 0.512 e. The Morgan fingerprint density at radius 3 is 2.50 bits per heavy atom. The predicted molar refractivity (Wildman–Crippen MR) is 133 cm³/mol. The lowest BCUT2D eigenvalue weighted by molar-refractivity contribution is -0.120. The van der Waals surface area contributed by atoms with Crippen molar-refractivity contribution in [2.24, 2.45) is 29.4 Å². The summed E-state index contributed by atoms with van der Waals surface area (Å²) in [6, 6.07) is 1.90. The summed E-state index contributed by atoms with van der Waals surface area (Å²) in [5.74, 6) is -3.45. The number of primary amides is 1. The van der Waals surface area contributed by atoms with Gasteiger partial charge in [0, 0.05) is 19.1 Å². The van der Waals surface area contributed by atoms with Crippen LogP contribution in [0, 0.1) is 23.7 Å². The molecule has 1 aromatic carbocycles. The first kappa shape index (κ1) is 26.2. The van der Waals surface area contributed by atoms with Crippen LogP contribution in [0.4, 0.5) is 0 Å². The summed E-state index contributed by atoms with van der Waals surface area (Å²) >= 11 is 0. The molecule has 0 bridgehead atoms. The smallest absolute Gasteiger partial charge is 0.250 e. The van der Waals surface area contributed by atoms with Gasteiger partial charge in [-0.2, -0.15) is 0 Å². The third kappa shape index (κ3) is 4.00. The van der Waals surface area contributed by atoms with Gasteiger partial charge >= 0.3 is 0 Å². The standard InChI is InChI=1S/C28H37NO7/c1-5-6-28(35)22-15(11-19(30)23(28)27(29)34)8-14-10-18-17(12-36-4)9-16(7-13(2)3)24(31)21(18)25(32)20(14)26(22)33/h9,13-15,22,30-31,33,35H,5-8,10-12H2,1-4H3,(H2,29,34). The minimum Gasteiger partial charge on any atom is -0.512 e. The number of Topliss-reactive ketones (excluding diaryl/α,β-unsaturated/α-hetero) is 1. The van der Waals surface area contributed by atoms with Crippen LogP contribution in [0.25, 0.3) is 0 Å². The van der Waals surface area contributed by atoms with Crippen LogP contribution < -0.4 is 5.73 Å². The molecule has 1 aromatic rings. The number of amides is 1. The molecule has 8 heteroatoms. The molecule has 0 spiro atoms. The first-order valence-electron chi connectivity index (χ1n) is 12.7. The highest BCUT2D eigenvalue weighted by atomic mass is 16.5. The van der Waals surface area contributed by atoms with Crippen LogP contribution in [0.1, 0.15) is 73.5 Å². The Bertz CT molecular complexity index is 1160. The summed E-state index contributed by atoms with van der Waals surface area (Å²) in [6.45, 7) is 6.16. The van der Waals surface area contributed by atoms with E-state index in [1.165, 1.54) is 0 Å². The molecule has 0 fully saturated rings. The molecule has 0 aliphatic heterocycles. The van der Waals surface area contributed by atoms with E-state index in [9.17, 15) is 30.0 Å². The van der Waals surface area contributed by atoms with Crippen LogP contribution in [0.15, 0.2) is 28.7 Å². The molecule has 0 saturated carbocycles. The zero-order valence-corrected chi connectivity index (χ0v) is 21.4. The molecule has 0 heterocycles. The van der Waals surface area contributed by atoms with Crippen LogP contribution in [0.2, 0.25) is 0 Å². The molecular weight excluding hydrogens is 462 g/mol. The van der Waals surface area contributed by atoms with Crippen molar-refractivity contribution in [3.8, 4) is 5.75 Å². The Kier molecular flexibility index (Phi) is 6.96. The molecule has 3 aliphatic rings. The number of allylic oxidation sites excluding steroid dienone is 2. The van der Waals surface area contributed by atoms with Gasteiger partial charge in [-0.3, -0.25) is 9.59 Å². The molecule has 196 valence electrons. The minimum atomic E-state index is -1.89.